The molecule has 0 aliphatic carbocycles. The van der Waals surface area contributed by atoms with E-state index in [9.17, 15) is 0 Å². The molecule has 1 aliphatic rings. The van der Waals surface area contributed by atoms with Crippen LogP contribution >= 0.6 is 0 Å². The molecule has 0 aromatic heterocycles. The number of rotatable bonds is 3. The van der Waals surface area contributed by atoms with Gasteiger partial charge in [0.05, 0.1) is 11.7 Å². The summed E-state index contributed by atoms with van der Waals surface area (Å²) in [5.41, 5.74) is 8.18. The lowest BCUT2D eigenvalue weighted by Crippen LogP contribution is -2.46. The number of nitrogens with two attached hydrogens (primary N) is 1. The van der Waals surface area contributed by atoms with Gasteiger partial charge < -0.3 is 15.4 Å². The first-order valence-corrected chi connectivity index (χ1v) is 6.39. The minimum absolute atomic E-state index is 0.199. The third-order valence-electron chi connectivity index (χ3n) is 3.69. The molecule has 1 aromatic rings. The first-order valence-electron chi connectivity index (χ1n) is 6.39. The number of hydrogen-bond donors (Lipinski definition) is 1. The third kappa shape index (κ3) is 2.25. The van der Waals surface area contributed by atoms with E-state index in [0.29, 0.717) is 12.6 Å². The molecule has 0 fully saturated rings. The van der Waals surface area contributed by atoms with Gasteiger partial charge in [-0.05, 0) is 44.0 Å². The Hall–Kier alpha value is -1.22. The fourth-order valence-corrected chi connectivity index (χ4v) is 2.35. The maximum absolute atomic E-state index is 6.03. The molecular weight excluding hydrogens is 212 g/mol. The topological polar surface area (TPSA) is 38.5 Å². The lowest BCUT2D eigenvalue weighted by atomic mass is 10.0. The molecular formula is C14H22N2O. The maximum atomic E-state index is 6.03. The normalized spacial score (nSPS) is 23.2. The van der Waals surface area contributed by atoms with Crippen molar-refractivity contribution in [2.24, 2.45) is 5.73 Å². The van der Waals surface area contributed by atoms with Crippen molar-refractivity contribution in [1.82, 2.24) is 0 Å². The summed E-state index contributed by atoms with van der Waals surface area (Å²) in [6, 6.07) is 6.82. The zero-order chi connectivity index (χ0) is 12.4. The first-order chi connectivity index (χ1) is 8.17. The Morgan fingerprint density at radius 1 is 1.41 bits per heavy atom. The van der Waals surface area contributed by atoms with Gasteiger partial charge in [-0.2, -0.15) is 0 Å². The Morgan fingerprint density at radius 2 is 2.18 bits per heavy atom. The number of benzene rings is 1. The summed E-state index contributed by atoms with van der Waals surface area (Å²) < 4.78 is 6.03. The van der Waals surface area contributed by atoms with Crippen LogP contribution in [0.25, 0.3) is 0 Å². The van der Waals surface area contributed by atoms with Gasteiger partial charge in [-0.3, -0.25) is 0 Å². The Balaban J connectivity index is 2.31. The summed E-state index contributed by atoms with van der Waals surface area (Å²) in [5, 5.41) is 0. The molecule has 2 unspecified atom stereocenters. The van der Waals surface area contributed by atoms with Crippen molar-refractivity contribution in [1.29, 1.82) is 0 Å². The lowest BCUT2D eigenvalue weighted by molar-refractivity contribution is 0.154. The summed E-state index contributed by atoms with van der Waals surface area (Å²) in [5.74, 6) is 0.987. The predicted molar refractivity (Wildman–Crippen MR) is 71.8 cm³/mol. The van der Waals surface area contributed by atoms with Gasteiger partial charge in [0.25, 0.3) is 0 Å². The molecule has 0 amide bonds. The highest BCUT2D eigenvalue weighted by Crippen LogP contribution is 2.36. The maximum Gasteiger partial charge on any atom is 0.143 e. The number of fused-ring (bicyclic) bond motifs is 1. The highest BCUT2D eigenvalue weighted by Gasteiger charge is 2.29. The number of aryl methyl sites for hydroxylation is 1. The second-order valence-electron chi connectivity index (χ2n) is 4.74. The number of ether oxygens (including phenoxy) is 1. The van der Waals surface area contributed by atoms with Crippen molar-refractivity contribution in [3.05, 3.63) is 23.8 Å². The number of likely N-dealkylation sites (N-methyl/N-ethyl adjacent to an activating group) is 1. The summed E-state index contributed by atoms with van der Waals surface area (Å²) in [6.45, 7) is 5.04. The molecule has 2 atom stereocenters. The fourth-order valence-electron chi connectivity index (χ4n) is 2.35. The molecule has 0 spiro atoms. The standard InChI is InChI=1S/C14H22N2O/c1-4-11-5-6-14-12(9-11)16(3)10(2)13(17-14)7-8-15/h5-6,9-10,13H,4,7-8,15H2,1-3H3. The van der Waals surface area contributed by atoms with Gasteiger partial charge >= 0.3 is 0 Å². The van der Waals surface area contributed by atoms with Gasteiger partial charge in [-0.15, -0.1) is 0 Å². The van der Waals surface area contributed by atoms with E-state index < -0.39 is 0 Å². The zero-order valence-electron chi connectivity index (χ0n) is 10.9. The highest BCUT2D eigenvalue weighted by molar-refractivity contribution is 5.62. The van der Waals surface area contributed by atoms with Crippen molar-refractivity contribution >= 4 is 5.69 Å². The minimum atomic E-state index is 0.199. The van der Waals surface area contributed by atoms with Crippen LogP contribution in [0.2, 0.25) is 0 Å². The van der Waals surface area contributed by atoms with Crippen molar-refractivity contribution in [2.45, 2.75) is 38.8 Å². The molecule has 0 bridgehead atoms. The number of nitrogens with zero attached hydrogens (tertiary/aromatic N) is 1. The smallest absolute Gasteiger partial charge is 0.143 e. The molecule has 0 saturated heterocycles. The third-order valence-corrected chi connectivity index (χ3v) is 3.69. The van der Waals surface area contributed by atoms with Crippen molar-refractivity contribution in [3.63, 3.8) is 0 Å². The molecule has 0 radical (unpaired) electrons. The summed E-state index contributed by atoms with van der Waals surface area (Å²) >= 11 is 0. The van der Waals surface area contributed by atoms with E-state index in [-0.39, 0.29) is 6.10 Å². The van der Waals surface area contributed by atoms with Crippen LogP contribution in [0.4, 0.5) is 5.69 Å². The van der Waals surface area contributed by atoms with Crippen LogP contribution < -0.4 is 15.4 Å². The van der Waals surface area contributed by atoms with Crippen LogP contribution in [0, 0.1) is 0 Å². The molecule has 1 aliphatic heterocycles. The molecule has 1 heterocycles. The van der Waals surface area contributed by atoms with Gasteiger partial charge in [0.15, 0.2) is 0 Å². The molecule has 17 heavy (non-hydrogen) atoms. The molecule has 2 rings (SSSR count). The van der Waals surface area contributed by atoms with E-state index in [0.717, 1.165) is 18.6 Å². The molecule has 94 valence electrons. The average molecular weight is 234 g/mol. The molecule has 1 aromatic carbocycles. The molecule has 2 N–H and O–H groups in total. The van der Waals surface area contributed by atoms with Gasteiger partial charge in [0.2, 0.25) is 0 Å². The van der Waals surface area contributed by atoms with E-state index in [2.05, 4.69) is 44.0 Å². The van der Waals surface area contributed by atoms with Crippen LogP contribution in [0.3, 0.4) is 0 Å². The SMILES string of the molecule is CCc1ccc2c(c1)N(C)C(C)C(CCN)O2. The van der Waals surface area contributed by atoms with E-state index in [1.54, 1.807) is 0 Å². The highest BCUT2D eigenvalue weighted by atomic mass is 16.5. The first kappa shape index (κ1) is 12.2. The van der Waals surface area contributed by atoms with Crippen LogP contribution in [0.5, 0.6) is 5.75 Å². The van der Waals surface area contributed by atoms with Crippen LogP contribution in [0.15, 0.2) is 18.2 Å². The zero-order valence-corrected chi connectivity index (χ0v) is 10.9. The van der Waals surface area contributed by atoms with Crippen molar-refractivity contribution in [3.8, 4) is 5.75 Å². The summed E-state index contributed by atoms with van der Waals surface area (Å²) in [7, 11) is 2.13. The monoisotopic (exact) mass is 234 g/mol. The summed E-state index contributed by atoms with van der Waals surface area (Å²) in [4.78, 5) is 2.30. The van der Waals surface area contributed by atoms with E-state index in [4.69, 9.17) is 10.5 Å². The van der Waals surface area contributed by atoms with Crippen molar-refractivity contribution < 1.29 is 4.74 Å². The average Bonchev–Trinajstić information content (AvgIpc) is 2.35. The van der Waals surface area contributed by atoms with Gasteiger partial charge in [-0.25, -0.2) is 0 Å². The predicted octanol–water partition coefficient (Wildman–Crippen LogP) is 2.18. The van der Waals surface area contributed by atoms with Crippen LogP contribution in [-0.4, -0.2) is 25.7 Å². The van der Waals surface area contributed by atoms with E-state index in [1.165, 1.54) is 11.3 Å². The fraction of sp³-hybridized carbons (Fsp3) is 0.571. The lowest BCUT2D eigenvalue weighted by Gasteiger charge is -2.40. The van der Waals surface area contributed by atoms with E-state index >= 15 is 0 Å². The molecule has 3 heteroatoms. The second kappa shape index (κ2) is 4.96. The van der Waals surface area contributed by atoms with Crippen LogP contribution in [0.1, 0.15) is 25.8 Å². The van der Waals surface area contributed by atoms with E-state index in [1.807, 2.05) is 0 Å². The summed E-state index contributed by atoms with van der Waals surface area (Å²) in [6.07, 6.45) is 2.16. The quantitative estimate of drug-likeness (QED) is 0.871. The minimum Gasteiger partial charge on any atom is -0.486 e. The van der Waals surface area contributed by atoms with Crippen molar-refractivity contribution in [2.75, 3.05) is 18.5 Å². The Bertz CT molecular complexity index is 392. The Labute approximate surface area is 104 Å². The van der Waals surface area contributed by atoms with Gasteiger partial charge in [0, 0.05) is 7.05 Å². The Kier molecular flexibility index (Phi) is 3.57. The Morgan fingerprint density at radius 3 is 2.82 bits per heavy atom. The number of hydrogen-bond acceptors (Lipinski definition) is 3. The largest absolute Gasteiger partial charge is 0.486 e. The van der Waals surface area contributed by atoms with Crippen LogP contribution in [-0.2, 0) is 6.42 Å². The van der Waals surface area contributed by atoms with Gasteiger partial charge in [-0.1, -0.05) is 13.0 Å². The molecule has 3 nitrogen and oxygen atoms in total. The number of anilines is 1. The second-order valence-corrected chi connectivity index (χ2v) is 4.74. The van der Waals surface area contributed by atoms with Gasteiger partial charge in [0.1, 0.15) is 11.9 Å². The molecule has 0 saturated carbocycles.